The first-order valence-corrected chi connectivity index (χ1v) is 9.26. The van der Waals surface area contributed by atoms with Crippen molar-refractivity contribution in [1.29, 1.82) is 0 Å². The zero-order chi connectivity index (χ0) is 21.4. The highest BCUT2D eigenvalue weighted by Crippen LogP contribution is 2.34. The zero-order valence-corrected chi connectivity index (χ0v) is 16.4. The van der Waals surface area contributed by atoms with Crippen molar-refractivity contribution in [3.63, 3.8) is 0 Å². The van der Waals surface area contributed by atoms with Crippen molar-refractivity contribution in [2.24, 2.45) is 0 Å². The summed E-state index contributed by atoms with van der Waals surface area (Å²) < 4.78 is 10.6. The van der Waals surface area contributed by atoms with Gasteiger partial charge < -0.3 is 35.2 Å². The van der Waals surface area contributed by atoms with Crippen LogP contribution in [0.2, 0.25) is 0 Å². The molecule has 2 aliphatic rings. The molecule has 0 saturated carbocycles. The first-order chi connectivity index (χ1) is 14.4. The molecular formula is C21H21N3O6. The zero-order valence-electron chi connectivity index (χ0n) is 16.4. The first kappa shape index (κ1) is 19.6. The van der Waals surface area contributed by atoms with Gasteiger partial charge in [0.15, 0.2) is 23.4 Å². The van der Waals surface area contributed by atoms with Crippen molar-refractivity contribution in [2.45, 2.75) is 12.6 Å². The van der Waals surface area contributed by atoms with Crippen LogP contribution in [0.1, 0.15) is 15.9 Å². The Morgan fingerprint density at radius 3 is 2.73 bits per heavy atom. The number of amides is 1. The van der Waals surface area contributed by atoms with Crippen LogP contribution in [0.4, 0.5) is 5.69 Å². The van der Waals surface area contributed by atoms with Crippen molar-refractivity contribution >= 4 is 17.4 Å². The SMILES string of the molecule is CN(C)C(=O)c1cccc(NC2=C(NCc3ccc4c(c3)OCO4)C(O)C2=O)c1O. The number of hydrogen-bond acceptors (Lipinski definition) is 8. The molecule has 1 atom stereocenters. The molecule has 4 rings (SSSR count). The van der Waals surface area contributed by atoms with Gasteiger partial charge in [0.1, 0.15) is 5.70 Å². The molecule has 9 heteroatoms. The predicted molar refractivity (Wildman–Crippen MR) is 107 cm³/mol. The maximum Gasteiger partial charge on any atom is 0.257 e. The molecule has 0 radical (unpaired) electrons. The molecule has 0 aromatic heterocycles. The van der Waals surface area contributed by atoms with E-state index in [9.17, 15) is 19.8 Å². The monoisotopic (exact) mass is 411 g/mol. The number of carbonyl (C=O) groups excluding carboxylic acids is 2. The highest BCUT2D eigenvalue weighted by atomic mass is 16.7. The lowest BCUT2D eigenvalue weighted by Gasteiger charge is -2.30. The van der Waals surface area contributed by atoms with E-state index in [1.165, 1.54) is 11.0 Å². The molecule has 156 valence electrons. The summed E-state index contributed by atoms with van der Waals surface area (Å²) in [5, 5.41) is 26.4. The highest BCUT2D eigenvalue weighted by Gasteiger charge is 2.38. The summed E-state index contributed by atoms with van der Waals surface area (Å²) in [6, 6.07) is 10.1. The van der Waals surface area contributed by atoms with Gasteiger partial charge in [-0.3, -0.25) is 9.59 Å². The number of ether oxygens (including phenoxy) is 2. The molecule has 2 aromatic carbocycles. The van der Waals surface area contributed by atoms with E-state index in [0.29, 0.717) is 23.7 Å². The standard InChI is InChI=1S/C21H21N3O6/c1-24(2)21(28)12-4-3-5-13(18(12)25)23-17-16(19(26)20(17)27)22-9-11-6-7-14-15(8-11)30-10-29-14/h3-8,19,22-23,25-26H,9-10H2,1-2H3. The molecular weight excluding hydrogens is 390 g/mol. The Balaban J connectivity index is 1.53. The normalized spacial score (nSPS) is 16.9. The maximum absolute atomic E-state index is 12.2. The minimum absolute atomic E-state index is 0.104. The Morgan fingerprint density at radius 1 is 1.20 bits per heavy atom. The van der Waals surface area contributed by atoms with Crippen molar-refractivity contribution in [3.8, 4) is 17.2 Å². The van der Waals surface area contributed by atoms with Gasteiger partial charge in [-0.15, -0.1) is 0 Å². The number of carbonyl (C=O) groups is 2. The van der Waals surface area contributed by atoms with Gasteiger partial charge in [0.2, 0.25) is 12.6 Å². The minimum atomic E-state index is -1.28. The predicted octanol–water partition coefficient (Wildman–Crippen LogP) is 1.18. The molecule has 0 fully saturated rings. The lowest BCUT2D eigenvalue weighted by molar-refractivity contribution is -0.124. The van der Waals surface area contributed by atoms with E-state index in [1.54, 1.807) is 32.3 Å². The third kappa shape index (κ3) is 3.39. The smallest absolute Gasteiger partial charge is 0.257 e. The number of aliphatic hydroxyl groups is 1. The Bertz CT molecular complexity index is 1060. The highest BCUT2D eigenvalue weighted by molar-refractivity contribution is 6.11. The molecule has 9 nitrogen and oxygen atoms in total. The number of anilines is 1. The first-order valence-electron chi connectivity index (χ1n) is 9.26. The lowest BCUT2D eigenvalue weighted by atomic mass is 9.94. The largest absolute Gasteiger partial charge is 0.505 e. The van der Waals surface area contributed by atoms with E-state index in [2.05, 4.69) is 10.6 Å². The fourth-order valence-electron chi connectivity index (χ4n) is 3.21. The number of nitrogens with one attached hydrogen (secondary N) is 2. The van der Waals surface area contributed by atoms with Gasteiger partial charge in [-0.25, -0.2) is 0 Å². The van der Waals surface area contributed by atoms with E-state index >= 15 is 0 Å². The molecule has 1 unspecified atom stereocenters. The molecule has 4 N–H and O–H groups in total. The number of nitrogens with zero attached hydrogens (tertiary/aromatic N) is 1. The van der Waals surface area contributed by atoms with Crippen LogP contribution in [-0.4, -0.2) is 53.8 Å². The Morgan fingerprint density at radius 2 is 1.97 bits per heavy atom. The molecule has 1 amide bonds. The van der Waals surface area contributed by atoms with Crippen LogP contribution in [0.15, 0.2) is 47.8 Å². The molecule has 2 aromatic rings. The van der Waals surface area contributed by atoms with Crippen molar-refractivity contribution in [3.05, 3.63) is 58.9 Å². The molecule has 1 aliphatic heterocycles. The van der Waals surface area contributed by atoms with E-state index in [1.807, 2.05) is 12.1 Å². The number of aliphatic hydroxyl groups excluding tert-OH is 1. The van der Waals surface area contributed by atoms with Crippen LogP contribution in [0.25, 0.3) is 0 Å². The topological polar surface area (TPSA) is 120 Å². The van der Waals surface area contributed by atoms with Crippen molar-refractivity contribution in [2.75, 3.05) is 26.2 Å². The second-order valence-electron chi connectivity index (χ2n) is 7.12. The summed E-state index contributed by atoms with van der Waals surface area (Å²) in [4.78, 5) is 25.7. The van der Waals surface area contributed by atoms with Gasteiger partial charge in [0.25, 0.3) is 5.91 Å². The van der Waals surface area contributed by atoms with Crippen molar-refractivity contribution in [1.82, 2.24) is 10.2 Å². The van der Waals surface area contributed by atoms with Crippen molar-refractivity contribution < 1.29 is 29.3 Å². The Kier molecular flexibility index (Phi) is 4.96. The number of aromatic hydroxyl groups is 1. The Labute approximate surface area is 172 Å². The van der Waals surface area contributed by atoms with Gasteiger partial charge in [-0.2, -0.15) is 0 Å². The summed E-state index contributed by atoms with van der Waals surface area (Å²) in [7, 11) is 3.16. The van der Waals surface area contributed by atoms with Gasteiger partial charge in [-0.05, 0) is 29.8 Å². The maximum atomic E-state index is 12.2. The van der Waals surface area contributed by atoms with Crippen LogP contribution in [0.5, 0.6) is 17.2 Å². The molecule has 1 heterocycles. The average Bonchev–Trinajstić information content (AvgIpc) is 3.21. The molecule has 0 saturated heterocycles. The number of Topliss-reactive ketones (excluding diaryl/α,β-unsaturated/α-hetero) is 1. The number of rotatable bonds is 6. The lowest BCUT2D eigenvalue weighted by Crippen LogP contribution is -2.45. The summed E-state index contributed by atoms with van der Waals surface area (Å²) in [6.45, 7) is 0.518. The number of ketones is 1. The molecule has 1 aliphatic carbocycles. The van der Waals surface area contributed by atoms with Gasteiger partial charge >= 0.3 is 0 Å². The van der Waals surface area contributed by atoms with Crippen LogP contribution in [-0.2, 0) is 11.3 Å². The van der Waals surface area contributed by atoms with Crippen LogP contribution in [0, 0.1) is 0 Å². The fraction of sp³-hybridized carbons (Fsp3) is 0.238. The number of fused-ring (bicyclic) bond motifs is 1. The summed E-state index contributed by atoms with van der Waals surface area (Å²) in [5.74, 6) is 0.159. The quantitative estimate of drug-likeness (QED) is 0.523. The van der Waals surface area contributed by atoms with E-state index in [0.717, 1.165) is 5.56 Å². The number of para-hydroxylation sites is 1. The van der Waals surface area contributed by atoms with Gasteiger partial charge in [0, 0.05) is 20.6 Å². The molecule has 0 spiro atoms. The van der Waals surface area contributed by atoms with Crippen LogP contribution in [0.3, 0.4) is 0 Å². The number of phenols is 1. The third-order valence-corrected chi connectivity index (χ3v) is 4.89. The number of benzene rings is 2. The average molecular weight is 411 g/mol. The van der Waals surface area contributed by atoms with Crippen LogP contribution >= 0.6 is 0 Å². The summed E-state index contributed by atoms with van der Waals surface area (Å²) in [5.41, 5.74) is 1.61. The van der Waals surface area contributed by atoms with Gasteiger partial charge in [0.05, 0.1) is 16.9 Å². The third-order valence-electron chi connectivity index (χ3n) is 4.89. The summed E-state index contributed by atoms with van der Waals surface area (Å²) in [6.07, 6.45) is -1.28. The number of hydrogen-bond donors (Lipinski definition) is 4. The fourth-order valence-corrected chi connectivity index (χ4v) is 3.21. The second-order valence-corrected chi connectivity index (χ2v) is 7.12. The van der Waals surface area contributed by atoms with E-state index in [-0.39, 0.29) is 35.4 Å². The summed E-state index contributed by atoms with van der Waals surface area (Å²) >= 11 is 0. The van der Waals surface area contributed by atoms with Crippen LogP contribution < -0.4 is 20.1 Å². The molecule has 0 bridgehead atoms. The van der Waals surface area contributed by atoms with Gasteiger partial charge in [-0.1, -0.05) is 12.1 Å². The number of phenolic OH excluding ortho intramolecular Hbond substituents is 1. The Hall–Kier alpha value is -3.72. The minimum Gasteiger partial charge on any atom is -0.505 e. The second kappa shape index (κ2) is 7.60. The van der Waals surface area contributed by atoms with E-state index in [4.69, 9.17) is 9.47 Å². The molecule has 30 heavy (non-hydrogen) atoms. The van der Waals surface area contributed by atoms with E-state index < -0.39 is 11.9 Å².